The Kier molecular flexibility index (Phi) is 10.3. The van der Waals surface area contributed by atoms with Gasteiger partial charge in [0.25, 0.3) is 0 Å². The first-order chi connectivity index (χ1) is 26.1. The molecule has 8 rings (SSSR count). The number of hydrogen-bond donors (Lipinski definition) is 2. The van der Waals surface area contributed by atoms with Crippen molar-refractivity contribution in [3.05, 3.63) is 108 Å². The molecule has 0 saturated heterocycles. The number of fused-ring (bicyclic) bond motifs is 5. The molecule has 0 heterocycles. The summed E-state index contributed by atoms with van der Waals surface area (Å²) in [4.78, 5) is 0. The van der Waals surface area contributed by atoms with Crippen molar-refractivity contribution in [2.75, 3.05) is 11.5 Å². The molecule has 4 aromatic rings. The minimum Gasteiger partial charge on any atom is -0.457 e. The monoisotopic (exact) mass is 724 g/mol. The van der Waals surface area contributed by atoms with Gasteiger partial charge in [-0.25, -0.2) is 0 Å². The highest BCUT2D eigenvalue weighted by Crippen LogP contribution is 2.70. The highest BCUT2D eigenvalue weighted by molar-refractivity contribution is 5.48. The van der Waals surface area contributed by atoms with Crippen molar-refractivity contribution in [2.45, 2.75) is 117 Å². The Balaban J connectivity index is 1.06. The number of ether oxygens (including phenoxy) is 2. The molecule has 0 aliphatic heterocycles. The molecule has 4 aliphatic rings. The van der Waals surface area contributed by atoms with Gasteiger partial charge >= 0.3 is 0 Å². The van der Waals surface area contributed by atoms with Gasteiger partial charge in [-0.05, 0) is 188 Å². The third-order valence-corrected chi connectivity index (χ3v) is 15.8. The predicted octanol–water partition coefficient (Wildman–Crippen LogP) is 13.6. The van der Waals surface area contributed by atoms with Crippen LogP contribution in [0.3, 0.4) is 0 Å². The summed E-state index contributed by atoms with van der Waals surface area (Å²) in [6, 6.07) is 33.3. The zero-order valence-electron chi connectivity index (χ0n) is 33.4. The van der Waals surface area contributed by atoms with Crippen molar-refractivity contribution in [2.24, 2.45) is 46.3 Å². The van der Waals surface area contributed by atoms with Gasteiger partial charge in [-0.3, -0.25) is 0 Å². The van der Waals surface area contributed by atoms with Crippen molar-refractivity contribution in [3.8, 4) is 23.0 Å². The van der Waals surface area contributed by atoms with E-state index in [-0.39, 0.29) is 5.41 Å². The molecule has 286 valence electrons. The Morgan fingerprint density at radius 1 is 0.593 bits per heavy atom. The quantitative estimate of drug-likeness (QED) is 0.119. The van der Waals surface area contributed by atoms with Crippen LogP contribution in [0.15, 0.2) is 97.1 Å². The number of nitrogens with two attached hydrogens (primary N) is 2. The molecule has 8 unspecified atom stereocenters. The van der Waals surface area contributed by atoms with Gasteiger partial charge in [0.2, 0.25) is 0 Å². The van der Waals surface area contributed by atoms with Crippen LogP contribution in [0.25, 0.3) is 0 Å². The molecule has 0 bridgehead atoms. The SMILES string of the molecule is CCCCCC(C)C1CCC2C3CCC4CC(c5ccc(Oc6ccc(N)cc6)cc5)(c5ccc(Oc6ccc(N)cc6)cc5)CCC4(C)C3CCC12C. The van der Waals surface area contributed by atoms with Gasteiger partial charge in [-0.1, -0.05) is 77.6 Å². The van der Waals surface area contributed by atoms with Crippen LogP contribution >= 0.6 is 0 Å². The number of nitrogen functional groups attached to an aromatic ring is 2. The summed E-state index contributed by atoms with van der Waals surface area (Å²) >= 11 is 0. The minimum atomic E-state index is -0.0635. The van der Waals surface area contributed by atoms with Crippen LogP contribution in [-0.4, -0.2) is 0 Å². The van der Waals surface area contributed by atoms with Gasteiger partial charge in [-0.15, -0.1) is 0 Å². The standard InChI is InChI=1S/C50H64N2O2/c1-5-6-7-8-34(2)45-27-28-46-44-26-13-37-33-50(32-31-48(37,3)47(44)29-30-49(45,46)4,35-9-18-40(19-10-35)53-42-22-14-38(51)15-23-42)36-11-20-41(21-12-36)54-43-24-16-39(52)17-25-43/h9-12,14-25,34,37,44-47H,5-8,13,26-33,51-52H2,1-4H3. The molecule has 4 heteroatoms. The maximum atomic E-state index is 6.26. The topological polar surface area (TPSA) is 70.5 Å². The van der Waals surface area contributed by atoms with Crippen LogP contribution < -0.4 is 20.9 Å². The van der Waals surface area contributed by atoms with Crippen molar-refractivity contribution < 1.29 is 9.47 Å². The first-order valence-corrected chi connectivity index (χ1v) is 21.4. The average molecular weight is 725 g/mol. The van der Waals surface area contributed by atoms with E-state index in [0.29, 0.717) is 16.7 Å². The third kappa shape index (κ3) is 6.81. The molecule has 0 radical (unpaired) electrons. The summed E-state index contributed by atoms with van der Waals surface area (Å²) in [5.74, 6) is 8.49. The van der Waals surface area contributed by atoms with Crippen molar-refractivity contribution in [1.29, 1.82) is 0 Å². The molecular formula is C50H64N2O2. The van der Waals surface area contributed by atoms with Gasteiger partial charge in [0.05, 0.1) is 0 Å². The van der Waals surface area contributed by atoms with E-state index < -0.39 is 0 Å². The molecule has 4 N–H and O–H groups in total. The van der Waals surface area contributed by atoms with Gasteiger partial charge in [-0.2, -0.15) is 0 Å². The molecule has 4 fully saturated rings. The minimum absolute atomic E-state index is 0.0635. The number of anilines is 2. The molecule has 4 aliphatic carbocycles. The summed E-state index contributed by atoms with van der Waals surface area (Å²) < 4.78 is 12.5. The number of benzene rings is 4. The maximum Gasteiger partial charge on any atom is 0.127 e. The zero-order valence-corrected chi connectivity index (χ0v) is 33.4. The van der Waals surface area contributed by atoms with Crippen molar-refractivity contribution >= 4 is 11.4 Å². The summed E-state index contributed by atoms with van der Waals surface area (Å²) in [5, 5.41) is 0. The van der Waals surface area contributed by atoms with E-state index in [1.165, 1.54) is 94.6 Å². The lowest BCUT2D eigenvalue weighted by Crippen LogP contribution is -2.55. The average Bonchev–Trinajstić information content (AvgIpc) is 3.54. The van der Waals surface area contributed by atoms with E-state index in [0.717, 1.165) is 64.0 Å². The zero-order chi connectivity index (χ0) is 37.5. The predicted molar refractivity (Wildman–Crippen MR) is 224 cm³/mol. The highest BCUT2D eigenvalue weighted by atomic mass is 16.5. The molecule has 4 aromatic carbocycles. The number of hydrogen-bond acceptors (Lipinski definition) is 4. The van der Waals surface area contributed by atoms with Crippen molar-refractivity contribution in [1.82, 2.24) is 0 Å². The van der Waals surface area contributed by atoms with Gasteiger partial charge < -0.3 is 20.9 Å². The van der Waals surface area contributed by atoms with E-state index in [2.05, 4.69) is 76.2 Å². The molecule has 4 saturated carbocycles. The lowest BCUT2D eigenvalue weighted by Gasteiger charge is -2.63. The molecule has 4 nitrogen and oxygen atoms in total. The second kappa shape index (κ2) is 15.0. The van der Waals surface area contributed by atoms with Crippen LogP contribution in [-0.2, 0) is 5.41 Å². The Morgan fingerprint density at radius 3 is 1.65 bits per heavy atom. The molecular weight excluding hydrogens is 661 g/mol. The Morgan fingerprint density at radius 2 is 1.11 bits per heavy atom. The van der Waals surface area contributed by atoms with Crippen molar-refractivity contribution in [3.63, 3.8) is 0 Å². The summed E-state index contributed by atoms with van der Waals surface area (Å²) in [6.07, 6.45) is 17.8. The fourth-order valence-electron chi connectivity index (χ4n) is 12.9. The molecule has 54 heavy (non-hydrogen) atoms. The smallest absolute Gasteiger partial charge is 0.127 e. The van der Waals surface area contributed by atoms with E-state index in [1.807, 2.05) is 48.5 Å². The highest BCUT2D eigenvalue weighted by Gasteiger charge is 2.62. The van der Waals surface area contributed by atoms with Crippen LogP contribution in [0, 0.1) is 46.3 Å². The van der Waals surface area contributed by atoms with Crippen LogP contribution in [0.5, 0.6) is 23.0 Å². The second-order valence-corrected chi connectivity index (χ2v) is 18.5. The largest absolute Gasteiger partial charge is 0.457 e. The molecule has 8 atom stereocenters. The molecule has 0 aromatic heterocycles. The van der Waals surface area contributed by atoms with Gasteiger partial charge in [0.15, 0.2) is 0 Å². The first kappa shape index (κ1) is 37.0. The number of unbranched alkanes of at least 4 members (excludes halogenated alkanes) is 2. The third-order valence-electron chi connectivity index (χ3n) is 15.8. The summed E-state index contributed by atoms with van der Waals surface area (Å²) in [7, 11) is 0. The summed E-state index contributed by atoms with van der Waals surface area (Å²) in [6.45, 7) is 10.4. The fraction of sp³-hybridized carbons (Fsp3) is 0.520. The lowest BCUT2D eigenvalue weighted by atomic mass is 9.42. The Labute approximate surface area is 325 Å². The maximum absolute atomic E-state index is 6.26. The Bertz CT molecular complexity index is 1760. The van der Waals surface area contributed by atoms with E-state index >= 15 is 0 Å². The van der Waals surface area contributed by atoms with E-state index in [4.69, 9.17) is 20.9 Å². The molecule has 0 amide bonds. The lowest BCUT2D eigenvalue weighted by molar-refractivity contribution is -0.122. The first-order valence-electron chi connectivity index (χ1n) is 21.4. The normalized spacial score (nSPS) is 30.4. The van der Waals surface area contributed by atoms with E-state index in [1.54, 1.807) is 0 Å². The number of rotatable bonds is 11. The van der Waals surface area contributed by atoms with Crippen LogP contribution in [0.4, 0.5) is 11.4 Å². The Hall–Kier alpha value is -3.92. The molecule has 0 spiro atoms. The van der Waals surface area contributed by atoms with E-state index in [9.17, 15) is 0 Å². The second-order valence-electron chi connectivity index (χ2n) is 18.5. The van der Waals surface area contributed by atoms with Crippen LogP contribution in [0.1, 0.15) is 122 Å². The fourth-order valence-corrected chi connectivity index (χ4v) is 12.9. The van der Waals surface area contributed by atoms with Gasteiger partial charge in [0, 0.05) is 16.8 Å². The van der Waals surface area contributed by atoms with Gasteiger partial charge in [0.1, 0.15) is 23.0 Å². The van der Waals surface area contributed by atoms with Crippen LogP contribution in [0.2, 0.25) is 0 Å². The summed E-state index contributed by atoms with van der Waals surface area (Å²) in [5.41, 5.74) is 17.0.